The van der Waals surface area contributed by atoms with Gasteiger partial charge in [-0.25, -0.2) is 8.42 Å². The summed E-state index contributed by atoms with van der Waals surface area (Å²) in [6.07, 6.45) is 0. The van der Waals surface area contributed by atoms with Gasteiger partial charge in [-0.2, -0.15) is 4.31 Å². The summed E-state index contributed by atoms with van der Waals surface area (Å²) in [6, 6.07) is 12.0. The Kier molecular flexibility index (Phi) is 5.67. The molecule has 0 heterocycles. The Morgan fingerprint density at radius 3 is 2.30 bits per heavy atom. The summed E-state index contributed by atoms with van der Waals surface area (Å²) in [4.78, 5) is 0.197. The van der Waals surface area contributed by atoms with Gasteiger partial charge in [0.15, 0.2) is 0 Å². The van der Waals surface area contributed by atoms with Gasteiger partial charge in [-0.15, -0.1) is 0 Å². The smallest absolute Gasteiger partial charge is 0.243 e. The SMILES string of the molecule is COc1ccc(S(=O)(=O)N(C)Cc2ccccc2OC)cc1Br. The number of nitrogens with zero attached hydrogens (tertiary/aromatic N) is 1. The number of halogens is 1. The van der Waals surface area contributed by atoms with E-state index >= 15 is 0 Å². The summed E-state index contributed by atoms with van der Waals surface area (Å²) in [5.74, 6) is 1.24. The summed E-state index contributed by atoms with van der Waals surface area (Å²) < 4.78 is 37.7. The van der Waals surface area contributed by atoms with Crippen molar-refractivity contribution >= 4 is 26.0 Å². The third-order valence-corrected chi connectivity index (χ3v) is 5.84. The second-order valence-electron chi connectivity index (χ2n) is 4.87. The van der Waals surface area contributed by atoms with Gasteiger partial charge in [0.2, 0.25) is 10.0 Å². The summed E-state index contributed by atoms with van der Waals surface area (Å²) in [6.45, 7) is 0.218. The molecule has 23 heavy (non-hydrogen) atoms. The minimum Gasteiger partial charge on any atom is -0.496 e. The Morgan fingerprint density at radius 2 is 1.70 bits per heavy atom. The molecule has 0 amide bonds. The van der Waals surface area contributed by atoms with Crippen molar-refractivity contribution in [2.45, 2.75) is 11.4 Å². The van der Waals surface area contributed by atoms with Gasteiger partial charge in [0.25, 0.3) is 0 Å². The van der Waals surface area contributed by atoms with Gasteiger partial charge in [0.05, 0.1) is 23.6 Å². The predicted molar refractivity (Wildman–Crippen MR) is 92.3 cm³/mol. The van der Waals surface area contributed by atoms with Crippen LogP contribution in [-0.2, 0) is 16.6 Å². The zero-order valence-electron chi connectivity index (χ0n) is 13.1. The fourth-order valence-corrected chi connectivity index (χ4v) is 4.01. The first-order valence-corrected chi connectivity index (χ1v) is 9.05. The lowest BCUT2D eigenvalue weighted by molar-refractivity contribution is 0.398. The van der Waals surface area contributed by atoms with Gasteiger partial charge in [-0.1, -0.05) is 18.2 Å². The van der Waals surface area contributed by atoms with E-state index in [1.165, 1.54) is 23.5 Å². The normalized spacial score (nSPS) is 11.5. The van der Waals surface area contributed by atoms with Gasteiger partial charge in [0.1, 0.15) is 11.5 Å². The van der Waals surface area contributed by atoms with E-state index in [1.807, 2.05) is 18.2 Å². The maximum absolute atomic E-state index is 12.7. The van der Waals surface area contributed by atoms with Crippen molar-refractivity contribution in [1.82, 2.24) is 4.31 Å². The van der Waals surface area contributed by atoms with E-state index in [1.54, 1.807) is 26.3 Å². The maximum Gasteiger partial charge on any atom is 0.243 e. The molecule has 0 spiro atoms. The number of rotatable bonds is 6. The van der Waals surface area contributed by atoms with Gasteiger partial charge in [0, 0.05) is 19.2 Å². The summed E-state index contributed by atoms with van der Waals surface area (Å²) in [5.41, 5.74) is 0.800. The van der Waals surface area contributed by atoms with E-state index in [-0.39, 0.29) is 11.4 Å². The third-order valence-electron chi connectivity index (χ3n) is 3.42. The fraction of sp³-hybridized carbons (Fsp3) is 0.250. The molecule has 0 aliphatic rings. The number of para-hydroxylation sites is 1. The van der Waals surface area contributed by atoms with Gasteiger partial charge in [-0.3, -0.25) is 0 Å². The van der Waals surface area contributed by atoms with E-state index in [2.05, 4.69) is 15.9 Å². The minimum absolute atomic E-state index is 0.197. The first-order chi connectivity index (χ1) is 10.9. The summed E-state index contributed by atoms with van der Waals surface area (Å²) >= 11 is 3.31. The molecule has 0 unspecified atom stereocenters. The molecule has 2 rings (SSSR count). The van der Waals surface area contributed by atoms with Crippen LogP contribution in [0.5, 0.6) is 11.5 Å². The fourth-order valence-electron chi connectivity index (χ4n) is 2.15. The Balaban J connectivity index is 2.30. The van der Waals surface area contributed by atoms with Crippen LogP contribution >= 0.6 is 15.9 Å². The van der Waals surface area contributed by atoms with Crippen molar-refractivity contribution < 1.29 is 17.9 Å². The van der Waals surface area contributed by atoms with Crippen LogP contribution in [0.15, 0.2) is 51.8 Å². The lowest BCUT2D eigenvalue weighted by Crippen LogP contribution is -2.26. The molecule has 0 fully saturated rings. The van der Waals surface area contributed by atoms with Crippen LogP contribution in [0, 0.1) is 0 Å². The highest BCUT2D eigenvalue weighted by molar-refractivity contribution is 9.10. The number of hydrogen-bond acceptors (Lipinski definition) is 4. The van der Waals surface area contributed by atoms with Crippen LogP contribution in [0.1, 0.15) is 5.56 Å². The van der Waals surface area contributed by atoms with Crippen LogP contribution in [0.2, 0.25) is 0 Å². The lowest BCUT2D eigenvalue weighted by Gasteiger charge is -2.19. The van der Waals surface area contributed by atoms with E-state index in [9.17, 15) is 8.42 Å². The summed E-state index contributed by atoms with van der Waals surface area (Å²) in [5, 5.41) is 0. The highest BCUT2D eigenvalue weighted by Gasteiger charge is 2.23. The predicted octanol–water partition coefficient (Wildman–Crippen LogP) is 3.29. The average Bonchev–Trinajstić information content (AvgIpc) is 2.55. The number of benzene rings is 2. The molecule has 0 aliphatic heterocycles. The molecule has 0 atom stereocenters. The molecule has 2 aromatic rings. The molecule has 0 aromatic heterocycles. The van der Waals surface area contributed by atoms with Crippen molar-refractivity contribution in [3.05, 3.63) is 52.5 Å². The molecule has 0 aliphatic carbocycles. The van der Waals surface area contributed by atoms with Crippen LogP contribution in [0.25, 0.3) is 0 Å². The molecule has 0 bridgehead atoms. The number of sulfonamides is 1. The lowest BCUT2D eigenvalue weighted by atomic mass is 10.2. The number of ether oxygens (including phenoxy) is 2. The van der Waals surface area contributed by atoms with E-state index in [4.69, 9.17) is 9.47 Å². The van der Waals surface area contributed by atoms with Gasteiger partial charge < -0.3 is 9.47 Å². The molecular formula is C16H18BrNO4S. The molecule has 5 nitrogen and oxygen atoms in total. The third kappa shape index (κ3) is 3.85. The zero-order valence-corrected chi connectivity index (χ0v) is 15.5. The second kappa shape index (κ2) is 7.33. The number of methoxy groups -OCH3 is 2. The van der Waals surface area contributed by atoms with Crippen molar-refractivity contribution in [2.24, 2.45) is 0 Å². The maximum atomic E-state index is 12.7. The van der Waals surface area contributed by atoms with Crippen LogP contribution in [0.4, 0.5) is 0 Å². The molecule has 2 aromatic carbocycles. The molecule has 124 valence electrons. The first-order valence-electron chi connectivity index (χ1n) is 6.82. The second-order valence-corrected chi connectivity index (χ2v) is 7.77. The van der Waals surface area contributed by atoms with E-state index in [0.717, 1.165) is 5.56 Å². The summed E-state index contributed by atoms with van der Waals surface area (Å²) in [7, 11) is 1.02. The van der Waals surface area contributed by atoms with E-state index < -0.39 is 10.0 Å². The van der Waals surface area contributed by atoms with Gasteiger partial charge in [-0.05, 0) is 40.2 Å². The Bertz CT molecular complexity index is 792. The van der Waals surface area contributed by atoms with Crippen molar-refractivity contribution in [1.29, 1.82) is 0 Å². The average molecular weight is 400 g/mol. The van der Waals surface area contributed by atoms with E-state index in [0.29, 0.717) is 16.0 Å². The Morgan fingerprint density at radius 1 is 1.04 bits per heavy atom. The van der Waals surface area contributed by atoms with Crippen LogP contribution in [-0.4, -0.2) is 34.0 Å². The van der Waals surface area contributed by atoms with Crippen LogP contribution < -0.4 is 9.47 Å². The standard InChI is InChI=1S/C16H18BrNO4S/c1-18(11-12-6-4-5-7-15(12)21-2)23(19,20)13-8-9-16(22-3)14(17)10-13/h4-10H,11H2,1-3H3. The molecule has 0 N–H and O–H groups in total. The zero-order chi connectivity index (χ0) is 17.0. The Hall–Kier alpha value is -1.57. The number of hydrogen-bond donors (Lipinski definition) is 0. The molecular weight excluding hydrogens is 382 g/mol. The van der Waals surface area contributed by atoms with Crippen LogP contribution in [0.3, 0.4) is 0 Å². The molecule has 0 saturated heterocycles. The first kappa shape index (κ1) is 17.8. The monoisotopic (exact) mass is 399 g/mol. The van der Waals surface area contributed by atoms with Crippen molar-refractivity contribution in [3.8, 4) is 11.5 Å². The highest BCUT2D eigenvalue weighted by Crippen LogP contribution is 2.29. The molecule has 0 radical (unpaired) electrons. The van der Waals surface area contributed by atoms with Crippen molar-refractivity contribution in [2.75, 3.05) is 21.3 Å². The highest BCUT2D eigenvalue weighted by atomic mass is 79.9. The molecule has 0 saturated carbocycles. The minimum atomic E-state index is -3.62. The molecule has 7 heteroatoms. The largest absolute Gasteiger partial charge is 0.496 e. The quantitative estimate of drug-likeness (QED) is 0.747. The van der Waals surface area contributed by atoms with Crippen molar-refractivity contribution in [3.63, 3.8) is 0 Å². The topological polar surface area (TPSA) is 55.8 Å². The Labute approximate surface area is 145 Å². The van der Waals surface area contributed by atoms with Gasteiger partial charge >= 0.3 is 0 Å².